The molecule has 0 radical (unpaired) electrons. The summed E-state index contributed by atoms with van der Waals surface area (Å²) in [4.78, 5) is 11.1. The Morgan fingerprint density at radius 3 is 2.58 bits per heavy atom. The molecular weight excluding hydrogens is 341 g/mol. The first-order chi connectivity index (χ1) is 12.5. The van der Waals surface area contributed by atoms with E-state index in [1.807, 2.05) is 11.8 Å². The van der Waals surface area contributed by atoms with Gasteiger partial charge in [0.25, 0.3) is 0 Å². The Bertz CT molecular complexity index is 976. The maximum Gasteiger partial charge on any atom is 0.226 e. The summed E-state index contributed by atoms with van der Waals surface area (Å²) in [6.45, 7) is 4.26. The average molecular weight is 358 g/mol. The minimum absolute atomic E-state index is 0.140. The Morgan fingerprint density at radius 2 is 1.81 bits per heavy atom. The lowest BCUT2D eigenvalue weighted by Gasteiger charge is -2.34. The second-order valence-electron chi connectivity index (χ2n) is 6.40. The van der Waals surface area contributed by atoms with Crippen LogP contribution < -0.4 is 10.2 Å². The van der Waals surface area contributed by atoms with Crippen LogP contribution in [0.2, 0.25) is 0 Å². The van der Waals surface area contributed by atoms with E-state index in [4.69, 9.17) is 0 Å². The fourth-order valence-electron chi connectivity index (χ4n) is 3.24. The van der Waals surface area contributed by atoms with Crippen LogP contribution in [0.25, 0.3) is 22.2 Å². The van der Waals surface area contributed by atoms with Crippen molar-refractivity contribution >= 4 is 16.9 Å². The molecular formula is C19H17F3N4. The molecule has 0 unspecified atom stereocenters. The molecule has 0 aliphatic carbocycles. The molecule has 1 fully saturated rings. The quantitative estimate of drug-likeness (QED) is 0.761. The molecule has 2 aromatic carbocycles. The Labute approximate surface area is 148 Å². The first-order valence-electron chi connectivity index (χ1n) is 8.43. The number of aromatic nitrogens is 2. The molecule has 1 saturated heterocycles. The molecule has 3 aromatic rings. The molecule has 4 rings (SSSR count). The number of halogens is 3. The van der Waals surface area contributed by atoms with E-state index in [0.29, 0.717) is 29.1 Å². The van der Waals surface area contributed by atoms with Crippen molar-refractivity contribution in [3.63, 3.8) is 0 Å². The second kappa shape index (κ2) is 6.57. The van der Waals surface area contributed by atoms with Crippen molar-refractivity contribution in [2.24, 2.45) is 0 Å². The minimum Gasteiger partial charge on any atom is -0.336 e. The van der Waals surface area contributed by atoms with Gasteiger partial charge in [-0.25, -0.2) is 23.1 Å². The summed E-state index contributed by atoms with van der Waals surface area (Å²) in [6.07, 6.45) is 0. The molecule has 0 bridgehead atoms. The number of nitrogens with zero attached hydrogens (tertiary/aromatic N) is 3. The summed E-state index contributed by atoms with van der Waals surface area (Å²) >= 11 is 0. The zero-order valence-electron chi connectivity index (χ0n) is 14.1. The van der Waals surface area contributed by atoms with Crippen LogP contribution in [0.3, 0.4) is 0 Å². The highest BCUT2D eigenvalue weighted by Crippen LogP contribution is 2.31. The van der Waals surface area contributed by atoms with Crippen LogP contribution >= 0.6 is 0 Å². The highest BCUT2D eigenvalue weighted by Gasteiger charge is 2.23. The standard InChI is InChI=1S/C19H17F3N4/c1-11-10-23-6-7-26(11)19-24-17-9-13(21)3-5-15(17)18(25-19)14-4-2-12(20)8-16(14)22/h2-5,8-9,11,23H,6-7,10H2,1H3/t11-/m1/s1. The normalized spacial score (nSPS) is 17.7. The van der Waals surface area contributed by atoms with E-state index >= 15 is 0 Å². The number of anilines is 1. The van der Waals surface area contributed by atoms with Crippen LogP contribution in [0, 0.1) is 17.5 Å². The van der Waals surface area contributed by atoms with Gasteiger partial charge in [0.05, 0.1) is 11.2 Å². The lowest BCUT2D eigenvalue weighted by atomic mass is 10.1. The molecule has 7 heteroatoms. The Morgan fingerprint density at radius 1 is 1.04 bits per heavy atom. The molecule has 0 amide bonds. The number of hydrogen-bond acceptors (Lipinski definition) is 4. The topological polar surface area (TPSA) is 41.0 Å². The molecule has 1 N–H and O–H groups in total. The van der Waals surface area contributed by atoms with Gasteiger partial charge in [0.1, 0.15) is 17.5 Å². The lowest BCUT2D eigenvalue weighted by molar-refractivity contribution is 0.493. The zero-order chi connectivity index (χ0) is 18.3. The van der Waals surface area contributed by atoms with Gasteiger partial charge in [0, 0.05) is 48.8 Å². The van der Waals surface area contributed by atoms with Crippen molar-refractivity contribution in [1.82, 2.24) is 15.3 Å². The van der Waals surface area contributed by atoms with Crippen LogP contribution in [-0.4, -0.2) is 35.6 Å². The number of rotatable bonds is 2. The highest BCUT2D eigenvalue weighted by atomic mass is 19.1. The molecule has 2 heterocycles. The number of benzene rings is 2. The predicted octanol–water partition coefficient (Wildman–Crippen LogP) is 3.51. The number of hydrogen-bond donors (Lipinski definition) is 1. The maximum atomic E-state index is 14.4. The van der Waals surface area contributed by atoms with E-state index in [1.165, 1.54) is 30.3 Å². The average Bonchev–Trinajstić information content (AvgIpc) is 2.61. The Kier molecular flexibility index (Phi) is 4.24. The van der Waals surface area contributed by atoms with Crippen LogP contribution in [0.1, 0.15) is 6.92 Å². The molecule has 4 nitrogen and oxygen atoms in total. The summed E-state index contributed by atoms with van der Waals surface area (Å²) in [5, 5.41) is 3.80. The van der Waals surface area contributed by atoms with Crippen molar-refractivity contribution < 1.29 is 13.2 Å². The number of piperazine rings is 1. The second-order valence-corrected chi connectivity index (χ2v) is 6.40. The van der Waals surface area contributed by atoms with E-state index in [2.05, 4.69) is 15.3 Å². The summed E-state index contributed by atoms with van der Waals surface area (Å²) < 4.78 is 41.5. The van der Waals surface area contributed by atoms with E-state index < -0.39 is 17.5 Å². The monoisotopic (exact) mass is 358 g/mol. The van der Waals surface area contributed by atoms with E-state index in [-0.39, 0.29) is 11.6 Å². The van der Waals surface area contributed by atoms with E-state index in [1.54, 1.807) is 0 Å². The van der Waals surface area contributed by atoms with E-state index in [0.717, 1.165) is 19.2 Å². The fourth-order valence-corrected chi connectivity index (χ4v) is 3.24. The molecule has 0 saturated carbocycles. The molecule has 134 valence electrons. The van der Waals surface area contributed by atoms with Gasteiger partial charge in [-0.2, -0.15) is 0 Å². The van der Waals surface area contributed by atoms with Gasteiger partial charge in [-0.15, -0.1) is 0 Å². The maximum absolute atomic E-state index is 14.4. The summed E-state index contributed by atoms with van der Waals surface area (Å²) in [6, 6.07) is 7.60. The van der Waals surface area contributed by atoms with Crippen molar-refractivity contribution in [3.8, 4) is 11.3 Å². The molecule has 26 heavy (non-hydrogen) atoms. The van der Waals surface area contributed by atoms with Crippen LogP contribution in [-0.2, 0) is 0 Å². The molecule has 1 aromatic heterocycles. The van der Waals surface area contributed by atoms with Crippen LogP contribution in [0.4, 0.5) is 19.1 Å². The van der Waals surface area contributed by atoms with Gasteiger partial charge in [-0.05, 0) is 31.2 Å². The SMILES string of the molecule is C[C@@H]1CNCCN1c1nc(-c2ccc(F)cc2F)c2ccc(F)cc2n1. The third-order valence-corrected chi connectivity index (χ3v) is 4.59. The third kappa shape index (κ3) is 2.99. The highest BCUT2D eigenvalue weighted by molar-refractivity contribution is 5.93. The molecule has 1 aliphatic heterocycles. The number of fused-ring (bicyclic) bond motifs is 1. The van der Waals surface area contributed by atoms with Crippen LogP contribution in [0.15, 0.2) is 36.4 Å². The van der Waals surface area contributed by atoms with Gasteiger partial charge in [-0.1, -0.05) is 0 Å². The lowest BCUT2D eigenvalue weighted by Crippen LogP contribution is -2.50. The van der Waals surface area contributed by atoms with Gasteiger partial charge in [0.15, 0.2) is 0 Å². The van der Waals surface area contributed by atoms with Crippen molar-refractivity contribution in [2.75, 3.05) is 24.5 Å². The fraction of sp³-hybridized carbons (Fsp3) is 0.263. The molecule has 1 aliphatic rings. The van der Waals surface area contributed by atoms with Gasteiger partial charge in [-0.3, -0.25) is 0 Å². The predicted molar refractivity (Wildman–Crippen MR) is 94.5 cm³/mol. The third-order valence-electron chi connectivity index (χ3n) is 4.59. The Balaban J connectivity index is 1.95. The van der Waals surface area contributed by atoms with Crippen molar-refractivity contribution in [1.29, 1.82) is 0 Å². The Hall–Kier alpha value is -2.67. The number of nitrogens with one attached hydrogen (secondary N) is 1. The summed E-state index contributed by atoms with van der Waals surface area (Å²) in [7, 11) is 0. The van der Waals surface area contributed by atoms with Crippen LogP contribution in [0.5, 0.6) is 0 Å². The smallest absolute Gasteiger partial charge is 0.226 e. The zero-order valence-corrected chi connectivity index (χ0v) is 14.1. The van der Waals surface area contributed by atoms with Crippen molar-refractivity contribution in [3.05, 3.63) is 53.8 Å². The first kappa shape index (κ1) is 16.8. The summed E-state index contributed by atoms with van der Waals surface area (Å²) in [5.41, 5.74) is 0.877. The molecule has 0 spiro atoms. The van der Waals surface area contributed by atoms with Gasteiger partial charge < -0.3 is 10.2 Å². The van der Waals surface area contributed by atoms with Crippen molar-refractivity contribution in [2.45, 2.75) is 13.0 Å². The van der Waals surface area contributed by atoms with Gasteiger partial charge in [0.2, 0.25) is 5.95 Å². The van der Waals surface area contributed by atoms with E-state index in [9.17, 15) is 13.2 Å². The van der Waals surface area contributed by atoms with Gasteiger partial charge >= 0.3 is 0 Å². The molecule has 1 atom stereocenters. The summed E-state index contributed by atoms with van der Waals surface area (Å²) in [5.74, 6) is -1.39. The minimum atomic E-state index is -0.714. The largest absolute Gasteiger partial charge is 0.336 e. The first-order valence-corrected chi connectivity index (χ1v) is 8.43.